The van der Waals surface area contributed by atoms with E-state index < -0.39 is 0 Å². The first-order valence-corrected chi connectivity index (χ1v) is 5.60. The number of piperidine rings is 1. The van der Waals surface area contributed by atoms with E-state index in [9.17, 15) is 4.79 Å². The van der Waals surface area contributed by atoms with Crippen LogP contribution in [-0.4, -0.2) is 29.4 Å². The van der Waals surface area contributed by atoms with E-state index >= 15 is 0 Å². The van der Waals surface area contributed by atoms with Gasteiger partial charge in [0, 0.05) is 12.6 Å². The van der Waals surface area contributed by atoms with Gasteiger partial charge >= 0.3 is 0 Å². The summed E-state index contributed by atoms with van der Waals surface area (Å²) in [5.41, 5.74) is 5.86. The van der Waals surface area contributed by atoms with Gasteiger partial charge in [0.25, 0.3) is 0 Å². The van der Waals surface area contributed by atoms with Gasteiger partial charge in [0.15, 0.2) is 0 Å². The largest absolute Gasteiger partial charge is 0.339 e. The van der Waals surface area contributed by atoms with Crippen molar-refractivity contribution in [2.75, 3.05) is 6.54 Å². The average molecular weight is 198 g/mol. The molecule has 0 aromatic rings. The zero-order valence-electron chi connectivity index (χ0n) is 9.49. The minimum Gasteiger partial charge on any atom is -0.339 e. The topological polar surface area (TPSA) is 46.3 Å². The van der Waals surface area contributed by atoms with E-state index in [0.29, 0.717) is 6.04 Å². The van der Waals surface area contributed by atoms with Gasteiger partial charge in [-0.25, -0.2) is 0 Å². The third-order valence-electron chi connectivity index (χ3n) is 3.09. The molecule has 0 saturated carbocycles. The number of likely N-dealkylation sites (tertiary alicyclic amines) is 1. The molecule has 0 spiro atoms. The van der Waals surface area contributed by atoms with Gasteiger partial charge in [-0.1, -0.05) is 13.8 Å². The van der Waals surface area contributed by atoms with Crippen LogP contribution >= 0.6 is 0 Å². The first kappa shape index (κ1) is 11.5. The normalized spacial score (nSPS) is 25.2. The van der Waals surface area contributed by atoms with Crippen LogP contribution in [-0.2, 0) is 4.79 Å². The Morgan fingerprint density at radius 1 is 1.43 bits per heavy atom. The van der Waals surface area contributed by atoms with Crippen molar-refractivity contribution in [2.24, 2.45) is 11.7 Å². The summed E-state index contributed by atoms with van der Waals surface area (Å²) in [7, 11) is 0. The Hall–Kier alpha value is -0.570. The van der Waals surface area contributed by atoms with Gasteiger partial charge < -0.3 is 10.6 Å². The Kier molecular flexibility index (Phi) is 3.93. The molecule has 2 atom stereocenters. The highest BCUT2D eigenvalue weighted by Crippen LogP contribution is 2.18. The number of rotatable bonds is 2. The summed E-state index contributed by atoms with van der Waals surface area (Å²) in [6.07, 6.45) is 3.49. The van der Waals surface area contributed by atoms with Crippen molar-refractivity contribution in [2.45, 2.75) is 52.1 Å². The van der Waals surface area contributed by atoms with Crippen LogP contribution < -0.4 is 5.73 Å². The number of amides is 1. The van der Waals surface area contributed by atoms with Crippen LogP contribution in [0.2, 0.25) is 0 Å². The Morgan fingerprint density at radius 2 is 2.07 bits per heavy atom. The van der Waals surface area contributed by atoms with Crippen LogP contribution in [0.5, 0.6) is 0 Å². The molecule has 1 rings (SSSR count). The molecule has 0 aromatic heterocycles. The first-order valence-electron chi connectivity index (χ1n) is 5.60. The number of hydrogen-bond donors (Lipinski definition) is 1. The van der Waals surface area contributed by atoms with E-state index in [1.165, 1.54) is 6.42 Å². The van der Waals surface area contributed by atoms with Crippen molar-refractivity contribution in [1.29, 1.82) is 0 Å². The summed E-state index contributed by atoms with van der Waals surface area (Å²) in [4.78, 5) is 13.9. The number of carbonyl (C=O) groups excluding carboxylic acids is 1. The Bertz CT molecular complexity index is 203. The third-order valence-corrected chi connectivity index (χ3v) is 3.09. The van der Waals surface area contributed by atoms with E-state index in [1.807, 2.05) is 18.7 Å². The second kappa shape index (κ2) is 4.78. The lowest BCUT2D eigenvalue weighted by Crippen LogP contribution is -2.51. The van der Waals surface area contributed by atoms with Crippen LogP contribution in [0.4, 0.5) is 0 Å². The van der Waals surface area contributed by atoms with Crippen LogP contribution in [0, 0.1) is 5.92 Å². The van der Waals surface area contributed by atoms with Crippen LogP contribution in [0.3, 0.4) is 0 Å². The fourth-order valence-corrected chi connectivity index (χ4v) is 1.90. The molecule has 3 nitrogen and oxygen atoms in total. The lowest BCUT2D eigenvalue weighted by Gasteiger charge is -2.35. The minimum absolute atomic E-state index is 0.132. The highest BCUT2D eigenvalue weighted by atomic mass is 16.2. The monoisotopic (exact) mass is 198 g/mol. The molecule has 1 fully saturated rings. The van der Waals surface area contributed by atoms with Gasteiger partial charge in [0.2, 0.25) is 5.91 Å². The lowest BCUT2D eigenvalue weighted by molar-refractivity contribution is -0.136. The van der Waals surface area contributed by atoms with Crippen LogP contribution in [0.1, 0.15) is 40.0 Å². The molecule has 1 aliphatic heterocycles. The number of hydrogen-bond acceptors (Lipinski definition) is 2. The fourth-order valence-electron chi connectivity index (χ4n) is 1.90. The molecule has 1 saturated heterocycles. The van der Waals surface area contributed by atoms with Gasteiger partial charge in [0.05, 0.1) is 6.04 Å². The molecular formula is C11H22N2O. The van der Waals surface area contributed by atoms with Crippen molar-refractivity contribution in [3.63, 3.8) is 0 Å². The first-order chi connectivity index (χ1) is 6.54. The van der Waals surface area contributed by atoms with Gasteiger partial charge in [-0.05, 0) is 32.1 Å². The Labute approximate surface area is 86.6 Å². The maximum absolute atomic E-state index is 12.0. The highest BCUT2D eigenvalue weighted by Gasteiger charge is 2.28. The molecule has 1 amide bonds. The van der Waals surface area contributed by atoms with E-state index in [-0.39, 0.29) is 17.9 Å². The molecule has 2 unspecified atom stereocenters. The standard InChI is InChI=1S/C11H22N2O/c1-8(2)10(12)11(14)13-7-5-4-6-9(13)3/h8-10H,4-7,12H2,1-3H3. The van der Waals surface area contributed by atoms with E-state index in [2.05, 4.69) is 6.92 Å². The number of carbonyl (C=O) groups is 1. The van der Waals surface area contributed by atoms with E-state index in [1.54, 1.807) is 0 Å². The molecule has 1 aliphatic rings. The number of nitrogens with two attached hydrogens (primary N) is 1. The third kappa shape index (κ3) is 2.47. The molecule has 0 radical (unpaired) electrons. The summed E-state index contributed by atoms with van der Waals surface area (Å²) in [6, 6.07) is 0.0524. The summed E-state index contributed by atoms with van der Waals surface area (Å²) in [5, 5.41) is 0. The summed E-state index contributed by atoms with van der Waals surface area (Å²) >= 11 is 0. The minimum atomic E-state index is -0.324. The van der Waals surface area contributed by atoms with Crippen molar-refractivity contribution in [3.8, 4) is 0 Å². The molecule has 14 heavy (non-hydrogen) atoms. The summed E-state index contributed by atoms with van der Waals surface area (Å²) in [5.74, 6) is 0.365. The molecule has 0 bridgehead atoms. The Balaban J connectivity index is 2.58. The molecule has 0 aliphatic carbocycles. The zero-order chi connectivity index (χ0) is 10.7. The van der Waals surface area contributed by atoms with Gasteiger partial charge in [0.1, 0.15) is 0 Å². The molecule has 3 heteroatoms. The zero-order valence-corrected chi connectivity index (χ0v) is 9.49. The second-order valence-electron chi connectivity index (χ2n) is 4.65. The Morgan fingerprint density at radius 3 is 2.57 bits per heavy atom. The molecule has 1 heterocycles. The van der Waals surface area contributed by atoms with E-state index in [0.717, 1.165) is 19.4 Å². The SMILES string of the molecule is CC(C)C(N)C(=O)N1CCCCC1C. The fraction of sp³-hybridized carbons (Fsp3) is 0.909. The average Bonchev–Trinajstić information content (AvgIpc) is 2.16. The molecule has 82 valence electrons. The van der Waals surface area contributed by atoms with Crippen LogP contribution in [0.15, 0.2) is 0 Å². The quantitative estimate of drug-likeness (QED) is 0.728. The van der Waals surface area contributed by atoms with E-state index in [4.69, 9.17) is 5.73 Å². The predicted octanol–water partition coefficient (Wildman–Crippen LogP) is 1.37. The summed E-state index contributed by atoms with van der Waals surface area (Å²) in [6.45, 7) is 7.00. The second-order valence-corrected chi connectivity index (χ2v) is 4.65. The molecular weight excluding hydrogens is 176 g/mol. The van der Waals surface area contributed by atoms with Gasteiger partial charge in [-0.15, -0.1) is 0 Å². The van der Waals surface area contributed by atoms with Crippen molar-refractivity contribution in [3.05, 3.63) is 0 Å². The number of nitrogens with zero attached hydrogens (tertiary/aromatic N) is 1. The van der Waals surface area contributed by atoms with Crippen molar-refractivity contribution in [1.82, 2.24) is 4.90 Å². The maximum atomic E-state index is 12.0. The predicted molar refractivity (Wildman–Crippen MR) is 57.8 cm³/mol. The highest BCUT2D eigenvalue weighted by molar-refractivity contribution is 5.82. The van der Waals surface area contributed by atoms with Crippen molar-refractivity contribution >= 4 is 5.91 Å². The van der Waals surface area contributed by atoms with Gasteiger partial charge in [-0.3, -0.25) is 4.79 Å². The summed E-state index contributed by atoms with van der Waals surface area (Å²) < 4.78 is 0. The molecule has 2 N–H and O–H groups in total. The van der Waals surface area contributed by atoms with Crippen LogP contribution in [0.25, 0.3) is 0 Å². The smallest absolute Gasteiger partial charge is 0.239 e. The lowest BCUT2D eigenvalue weighted by atomic mass is 9.99. The van der Waals surface area contributed by atoms with Crippen molar-refractivity contribution < 1.29 is 4.79 Å². The molecule has 0 aromatic carbocycles. The van der Waals surface area contributed by atoms with Gasteiger partial charge in [-0.2, -0.15) is 0 Å². The maximum Gasteiger partial charge on any atom is 0.239 e.